The summed E-state index contributed by atoms with van der Waals surface area (Å²) in [6.07, 6.45) is 6.95. The van der Waals surface area contributed by atoms with E-state index < -0.39 is 27.5 Å². The maximum atomic E-state index is 13.7. The monoisotopic (exact) mass is 687 g/mol. The van der Waals surface area contributed by atoms with Crippen molar-refractivity contribution in [3.05, 3.63) is 59.7 Å². The van der Waals surface area contributed by atoms with Gasteiger partial charge in [0.25, 0.3) is 0 Å². The molecule has 44 heavy (non-hydrogen) atoms. The molecule has 1 aliphatic carbocycles. The number of nitrogens with zero attached hydrogens (tertiary/aromatic N) is 3. The van der Waals surface area contributed by atoms with Gasteiger partial charge in [-0.1, -0.05) is 0 Å². The van der Waals surface area contributed by atoms with Crippen LogP contribution in [-0.4, -0.2) is 86.6 Å². The van der Waals surface area contributed by atoms with Crippen LogP contribution in [-0.2, 0) is 23.9 Å². The Labute approximate surface area is 267 Å². The molecule has 1 aromatic heterocycles. The summed E-state index contributed by atoms with van der Waals surface area (Å²) in [7, 11) is 0. The van der Waals surface area contributed by atoms with E-state index in [0.717, 1.165) is 17.2 Å². The molecule has 0 atom stereocenters. The number of benzene rings is 2. The molecule has 0 unspecified atom stereocenters. The molecule has 10 nitrogen and oxygen atoms in total. The first kappa shape index (κ1) is 33.4. The molecule has 13 heteroatoms. The topological polar surface area (TPSA) is 120 Å². The van der Waals surface area contributed by atoms with Crippen LogP contribution in [0.4, 0.5) is 15.9 Å². The predicted molar refractivity (Wildman–Crippen MR) is 166 cm³/mol. The Morgan fingerprint density at radius 2 is 1.89 bits per heavy atom. The first-order chi connectivity index (χ1) is 21.2. The number of hydrogen-bond acceptors (Lipinski definition) is 10. The number of carbonyl (C=O) groups excluding carboxylic acids is 3. The first-order valence-electron chi connectivity index (χ1n) is 14.3. The Kier molecular flexibility index (Phi) is 12.5. The number of allylic oxidation sites excluding steroid dienone is 1. The van der Waals surface area contributed by atoms with Crippen molar-refractivity contribution < 1.29 is 33.0 Å². The van der Waals surface area contributed by atoms with Crippen LogP contribution in [0.1, 0.15) is 33.1 Å². The number of ether oxygens (including phenoxy) is 3. The van der Waals surface area contributed by atoms with Crippen LogP contribution in [0.15, 0.2) is 48.8 Å². The Bertz CT molecular complexity index is 1520. The first-order valence-corrected chi connectivity index (χ1v) is 16.6. The fraction of sp³-hybridized carbons (Fsp3) is 0.387. The minimum atomic E-state index is -1.01. The molecule has 1 radical (unpaired) electrons. The molecule has 0 spiro atoms. The molecule has 0 saturated heterocycles. The number of aromatic nitrogens is 2. The van der Waals surface area contributed by atoms with Crippen molar-refractivity contribution in [3.63, 3.8) is 0 Å². The van der Waals surface area contributed by atoms with Gasteiger partial charge in [-0.3, -0.25) is 0 Å². The van der Waals surface area contributed by atoms with Gasteiger partial charge in [-0.25, -0.2) is 0 Å². The molecule has 1 fully saturated rings. The zero-order valence-corrected chi connectivity index (χ0v) is 27.2. The van der Waals surface area contributed by atoms with Crippen LogP contribution in [0.2, 0.25) is 5.02 Å². The average Bonchev–Trinajstić information content (AvgIpc) is 3.82. The molecule has 0 bridgehead atoms. The molecule has 1 N–H and O–H groups in total. The van der Waals surface area contributed by atoms with Crippen LogP contribution in [0.5, 0.6) is 5.75 Å². The summed E-state index contributed by atoms with van der Waals surface area (Å²) in [6, 6.07) is 7.98. The number of carbonyl (C=O) groups is 3. The van der Waals surface area contributed by atoms with Gasteiger partial charge in [0.05, 0.1) is 0 Å². The fourth-order valence-corrected chi connectivity index (χ4v) is 6.11. The second-order valence-corrected chi connectivity index (χ2v) is 12.8. The number of nitrogens with one attached hydrogen (secondary N) is 1. The number of halogens is 2. The number of hydrogen-bond donors (Lipinski definition) is 1. The maximum absolute atomic E-state index is 13.7. The van der Waals surface area contributed by atoms with Crippen molar-refractivity contribution in [2.75, 3.05) is 44.8 Å². The van der Waals surface area contributed by atoms with E-state index in [-0.39, 0.29) is 54.8 Å². The summed E-state index contributed by atoms with van der Waals surface area (Å²) in [5, 5.41) is 3.82. The van der Waals surface area contributed by atoms with Crippen LogP contribution in [0.25, 0.3) is 10.9 Å². The van der Waals surface area contributed by atoms with E-state index in [9.17, 15) is 18.8 Å². The number of rotatable bonds is 17. The fourth-order valence-electron chi connectivity index (χ4n) is 4.14. The third kappa shape index (κ3) is 10.3. The normalized spacial score (nSPS) is 13.2. The molecule has 1 heterocycles. The summed E-state index contributed by atoms with van der Waals surface area (Å²) in [5.41, 5.74) is 1.18. The number of fused-ring (bicyclic) bond motifs is 1. The SMILES string of the molecule is CCOC(=O)CCN(CC=CC(=O)[As]c1cc2c(Nc3ccc(F)c(Cl)c3)ncnc2cc1OCC1CC1)CC(=O)OCC. The molecule has 0 amide bonds. The second kappa shape index (κ2) is 16.5. The van der Waals surface area contributed by atoms with E-state index in [1.165, 1.54) is 24.5 Å². The molecule has 2 aromatic carbocycles. The van der Waals surface area contributed by atoms with Crippen molar-refractivity contribution >= 4 is 70.6 Å². The van der Waals surface area contributed by atoms with Gasteiger partial charge in [0.1, 0.15) is 0 Å². The van der Waals surface area contributed by atoms with Gasteiger partial charge in [-0.15, -0.1) is 0 Å². The van der Waals surface area contributed by atoms with Crippen molar-refractivity contribution in [2.24, 2.45) is 5.92 Å². The van der Waals surface area contributed by atoms with E-state index in [4.69, 9.17) is 25.8 Å². The van der Waals surface area contributed by atoms with Gasteiger partial charge in [-0.2, -0.15) is 0 Å². The van der Waals surface area contributed by atoms with Gasteiger partial charge in [0.2, 0.25) is 0 Å². The number of esters is 2. The summed E-state index contributed by atoms with van der Waals surface area (Å²) in [4.78, 5) is 47.6. The van der Waals surface area contributed by atoms with Crippen LogP contribution >= 0.6 is 11.6 Å². The Balaban J connectivity index is 1.51. The summed E-state index contributed by atoms with van der Waals surface area (Å²) in [6.45, 7) is 5.09. The van der Waals surface area contributed by atoms with Crippen molar-refractivity contribution in [2.45, 2.75) is 33.1 Å². The van der Waals surface area contributed by atoms with Crippen molar-refractivity contribution in [1.29, 1.82) is 0 Å². The predicted octanol–water partition coefficient (Wildman–Crippen LogP) is 4.19. The van der Waals surface area contributed by atoms with Gasteiger partial charge >= 0.3 is 268 Å². The third-order valence-corrected chi connectivity index (χ3v) is 8.82. The Hall–Kier alpha value is -3.53. The van der Waals surface area contributed by atoms with Crippen molar-refractivity contribution in [3.8, 4) is 5.75 Å². The zero-order chi connectivity index (χ0) is 31.5. The molecule has 3 aromatic rings. The van der Waals surface area contributed by atoms with E-state index in [0.29, 0.717) is 40.7 Å². The van der Waals surface area contributed by atoms with E-state index in [1.54, 1.807) is 30.9 Å². The average molecular weight is 688 g/mol. The van der Waals surface area contributed by atoms with Crippen LogP contribution in [0.3, 0.4) is 0 Å². The summed E-state index contributed by atoms with van der Waals surface area (Å²) < 4.78 is 30.5. The molecular formula is C31H34AsClFN4O6. The van der Waals surface area contributed by atoms with E-state index in [1.807, 2.05) is 12.1 Å². The molecule has 0 aliphatic heterocycles. The van der Waals surface area contributed by atoms with E-state index in [2.05, 4.69) is 15.3 Å². The Morgan fingerprint density at radius 3 is 2.61 bits per heavy atom. The summed E-state index contributed by atoms with van der Waals surface area (Å²) >= 11 is 4.95. The van der Waals surface area contributed by atoms with Crippen LogP contribution < -0.4 is 14.4 Å². The molecule has 1 aliphatic rings. The van der Waals surface area contributed by atoms with Gasteiger partial charge in [0, 0.05) is 0 Å². The minimum absolute atomic E-state index is 0.0155. The summed E-state index contributed by atoms with van der Waals surface area (Å²) in [5.74, 6) is 0.304. The Morgan fingerprint density at radius 1 is 1.11 bits per heavy atom. The van der Waals surface area contributed by atoms with Gasteiger partial charge in [-0.05, 0) is 0 Å². The van der Waals surface area contributed by atoms with Gasteiger partial charge in [0.15, 0.2) is 0 Å². The van der Waals surface area contributed by atoms with Gasteiger partial charge < -0.3 is 0 Å². The molecule has 1 saturated carbocycles. The zero-order valence-electron chi connectivity index (χ0n) is 24.6. The van der Waals surface area contributed by atoms with Crippen molar-refractivity contribution in [1.82, 2.24) is 14.9 Å². The quantitative estimate of drug-likeness (QED) is 0.126. The van der Waals surface area contributed by atoms with E-state index >= 15 is 0 Å². The standard InChI is InChI=1S/C31H34AsClFN4O6/c1-3-42-29(40)11-13-38(17-30(41)43-4-2)12-5-6-28(39)32-23-15-22-26(16-27(23)44-18-20-7-8-20)35-19-36-31(22)37-21-9-10-25(34)24(33)14-21/h5-6,9-10,14-16,19-20H,3-4,7-8,11-13,17-18H2,1-2H3,(H,35,36,37). The second-order valence-electron chi connectivity index (χ2n) is 10.0. The molecule has 233 valence electrons. The van der Waals surface area contributed by atoms with Crippen LogP contribution in [0, 0.1) is 11.7 Å². The number of anilines is 2. The third-order valence-electron chi connectivity index (χ3n) is 6.52. The molecule has 4 rings (SSSR count). The molecular weight excluding hydrogens is 654 g/mol.